The number of ether oxygens (including phenoxy) is 2. The Labute approximate surface area is 158 Å². The van der Waals surface area contributed by atoms with Crippen molar-refractivity contribution in [1.82, 2.24) is 4.98 Å². The zero-order valence-corrected chi connectivity index (χ0v) is 14.6. The van der Waals surface area contributed by atoms with Crippen LogP contribution in [-0.4, -0.2) is 17.6 Å². The summed E-state index contributed by atoms with van der Waals surface area (Å²) in [4.78, 5) is 15.9. The molecule has 0 spiro atoms. The molecule has 0 amide bonds. The lowest BCUT2D eigenvalue weighted by Gasteiger charge is -2.07. The molecule has 3 rings (SSSR count). The fourth-order valence-electron chi connectivity index (χ4n) is 2.42. The van der Waals surface area contributed by atoms with Crippen LogP contribution < -0.4 is 4.74 Å². The van der Waals surface area contributed by atoms with E-state index in [1.807, 2.05) is 0 Å². The van der Waals surface area contributed by atoms with E-state index in [2.05, 4.69) is 9.72 Å². The molecule has 0 aliphatic heterocycles. The van der Waals surface area contributed by atoms with Crippen LogP contribution in [0.15, 0.2) is 59.1 Å². The van der Waals surface area contributed by atoms with E-state index in [4.69, 9.17) is 9.15 Å². The topological polar surface area (TPSA) is 61.6 Å². The molecule has 0 aliphatic rings. The number of hydrogen-bond acceptors (Lipinski definition) is 5. The van der Waals surface area contributed by atoms with Crippen molar-refractivity contribution >= 4 is 5.97 Å². The van der Waals surface area contributed by atoms with E-state index in [0.717, 1.165) is 0 Å². The van der Waals surface area contributed by atoms with Crippen molar-refractivity contribution in [3.63, 3.8) is 0 Å². The Morgan fingerprint density at radius 2 is 1.86 bits per heavy atom. The molecule has 0 bridgehead atoms. The largest absolute Gasteiger partial charge is 0.461 e. The Morgan fingerprint density at radius 1 is 1.11 bits per heavy atom. The molecule has 28 heavy (non-hydrogen) atoms. The van der Waals surface area contributed by atoms with Crippen molar-refractivity contribution in [2.75, 3.05) is 0 Å². The third-order valence-corrected chi connectivity index (χ3v) is 3.78. The van der Waals surface area contributed by atoms with Crippen LogP contribution in [0.1, 0.15) is 17.9 Å². The number of alkyl halides is 2. The van der Waals surface area contributed by atoms with Crippen molar-refractivity contribution in [1.29, 1.82) is 0 Å². The predicted octanol–water partition coefficient (Wildman–Crippen LogP) is 4.76. The van der Waals surface area contributed by atoms with E-state index in [9.17, 15) is 18.0 Å². The lowest BCUT2D eigenvalue weighted by Crippen LogP contribution is -2.06. The number of carbonyl (C=O) groups is 1. The molecule has 0 unspecified atom stereocenters. The molecule has 0 atom stereocenters. The number of esters is 1. The van der Waals surface area contributed by atoms with Gasteiger partial charge >= 0.3 is 12.6 Å². The third kappa shape index (κ3) is 5.35. The number of hydrogen-bond donors (Lipinski definition) is 0. The molecule has 0 N–H and O–H groups in total. The fraction of sp³-hybridized carbons (Fsp3) is 0.200. The lowest BCUT2D eigenvalue weighted by molar-refractivity contribution is -0.145. The maximum Gasteiger partial charge on any atom is 0.387 e. The van der Waals surface area contributed by atoms with Gasteiger partial charge in [0.15, 0.2) is 11.7 Å². The van der Waals surface area contributed by atoms with Gasteiger partial charge in [-0.3, -0.25) is 4.79 Å². The molecule has 146 valence electrons. The van der Waals surface area contributed by atoms with Gasteiger partial charge in [0.1, 0.15) is 18.2 Å². The van der Waals surface area contributed by atoms with Gasteiger partial charge in [-0.25, -0.2) is 9.37 Å². The van der Waals surface area contributed by atoms with E-state index in [0.29, 0.717) is 17.0 Å². The van der Waals surface area contributed by atoms with Crippen molar-refractivity contribution in [3.05, 3.63) is 72.0 Å². The Bertz CT molecular complexity index is 925. The highest BCUT2D eigenvalue weighted by Gasteiger charge is 2.12. The van der Waals surface area contributed by atoms with E-state index >= 15 is 0 Å². The number of aromatic nitrogens is 1. The number of benzene rings is 2. The van der Waals surface area contributed by atoms with Gasteiger partial charge in [0.05, 0.1) is 18.2 Å². The smallest absolute Gasteiger partial charge is 0.387 e. The van der Waals surface area contributed by atoms with Gasteiger partial charge in [-0.05, 0) is 29.8 Å². The summed E-state index contributed by atoms with van der Waals surface area (Å²) < 4.78 is 52.8. The first-order valence-electron chi connectivity index (χ1n) is 8.40. The highest BCUT2D eigenvalue weighted by molar-refractivity contribution is 5.69. The maximum absolute atomic E-state index is 13.7. The van der Waals surface area contributed by atoms with Crippen LogP contribution >= 0.6 is 0 Å². The summed E-state index contributed by atoms with van der Waals surface area (Å²) in [6, 6.07) is 11.9. The van der Waals surface area contributed by atoms with Crippen LogP contribution in [0.2, 0.25) is 0 Å². The van der Waals surface area contributed by atoms with Gasteiger partial charge in [0, 0.05) is 6.42 Å². The molecular formula is C20H16F3NO4. The van der Waals surface area contributed by atoms with Crippen LogP contribution in [0, 0.1) is 5.82 Å². The number of aryl methyl sites for hydroxylation is 1. The summed E-state index contributed by atoms with van der Waals surface area (Å²) in [7, 11) is 0. The van der Waals surface area contributed by atoms with Gasteiger partial charge in [-0.15, -0.1) is 0 Å². The summed E-state index contributed by atoms with van der Waals surface area (Å²) in [6.45, 7) is -2.89. The third-order valence-electron chi connectivity index (χ3n) is 3.78. The van der Waals surface area contributed by atoms with Crippen LogP contribution in [0.4, 0.5) is 13.2 Å². The van der Waals surface area contributed by atoms with Crippen molar-refractivity contribution < 1.29 is 31.9 Å². The number of halogens is 3. The molecule has 1 aromatic heterocycles. The van der Waals surface area contributed by atoms with Crippen LogP contribution in [0.25, 0.3) is 11.3 Å². The summed E-state index contributed by atoms with van der Waals surface area (Å²) in [6.07, 6.45) is 1.64. The molecule has 0 radical (unpaired) electrons. The van der Waals surface area contributed by atoms with Gasteiger partial charge in [0.25, 0.3) is 0 Å². The molecule has 3 aromatic rings. The van der Waals surface area contributed by atoms with Crippen molar-refractivity contribution in [2.24, 2.45) is 0 Å². The van der Waals surface area contributed by atoms with Crippen LogP contribution in [-0.2, 0) is 22.6 Å². The second kappa shape index (κ2) is 9.07. The first-order chi connectivity index (χ1) is 13.5. The number of oxazole rings is 1. The summed E-state index contributed by atoms with van der Waals surface area (Å²) in [5.41, 5.74) is 0.927. The first kappa shape index (κ1) is 19.5. The summed E-state index contributed by atoms with van der Waals surface area (Å²) in [5.74, 6) is -0.288. The molecule has 0 saturated heterocycles. The zero-order valence-electron chi connectivity index (χ0n) is 14.6. The second-order valence-corrected chi connectivity index (χ2v) is 5.78. The van der Waals surface area contributed by atoms with E-state index in [1.54, 1.807) is 18.2 Å². The average Bonchev–Trinajstić information content (AvgIpc) is 3.14. The molecular weight excluding hydrogens is 375 g/mol. The minimum atomic E-state index is -2.89. The quantitative estimate of drug-likeness (QED) is 0.518. The molecule has 1 heterocycles. The highest BCUT2D eigenvalue weighted by atomic mass is 19.3. The fourth-order valence-corrected chi connectivity index (χ4v) is 2.42. The van der Waals surface area contributed by atoms with E-state index in [-0.39, 0.29) is 31.0 Å². The van der Waals surface area contributed by atoms with Crippen LogP contribution in [0.3, 0.4) is 0 Å². The Kier molecular flexibility index (Phi) is 6.31. The molecule has 5 nitrogen and oxygen atoms in total. The molecule has 0 fully saturated rings. The normalized spacial score (nSPS) is 10.9. The van der Waals surface area contributed by atoms with Crippen LogP contribution in [0.5, 0.6) is 5.75 Å². The summed E-state index contributed by atoms with van der Waals surface area (Å²) in [5, 5.41) is 0. The van der Waals surface area contributed by atoms with Gasteiger partial charge < -0.3 is 13.9 Å². The lowest BCUT2D eigenvalue weighted by atomic mass is 10.2. The van der Waals surface area contributed by atoms with Crippen molar-refractivity contribution in [3.8, 4) is 17.1 Å². The van der Waals surface area contributed by atoms with Crippen molar-refractivity contribution in [2.45, 2.75) is 26.1 Å². The zero-order chi connectivity index (χ0) is 19.9. The van der Waals surface area contributed by atoms with Gasteiger partial charge in [-0.2, -0.15) is 8.78 Å². The standard InChI is InChI=1S/C20H16F3NO4/c21-16-4-2-1-3-15(16)17-11-24-18(28-17)9-10-19(25)26-12-13-5-7-14(8-6-13)27-20(22)23/h1-8,11,20H,9-10,12H2. The minimum absolute atomic E-state index is 0.000147. The SMILES string of the molecule is O=C(CCc1ncc(-c2ccccc2F)o1)OCc1ccc(OC(F)F)cc1. The predicted molar refractivity (Wildman–Crippen MR) is 93.1 cm³/mol. The minimum Gasteiger partial charge on any atom is -0.461 e. The molecule has 0 saturated carbocycles. The first-order valence-corrected chi connectivity index (χ1v) is 8.40. The highest BCUT2D eigenvalue weighted by Crippen LogP contribution is 2.23. The Hall–Kier alpha value is -3.29. The maximum atomic E-state index is 13.7. The molecule has 2 aromatic carbocycles. The van der Waals surface area contributed by atoms with E-state index in [1.165, 1.54) is 36.5 Å². The van der Waals surface area contributed by atoms with E-state index < -0.39 is 18.4 Å². The molecule has 8 heteroatoms. The number of nitrogens with zero attached hydrogens (tertiary/aromatic N) is 1. The monoisotopic (exact) mass is 391 g/mol. The summed E-state index contributed by atoms with van der Waals surface area (Å²) >= 11 is 0. The number of carbonyl (C=O) groups excluding carboxylic acids is 1. The van der Waals surface area contributed by atoms with Gasteiger partial charge in [-0.1, -0.05) is 24.3 Å². The van der Waals surface area contributed by atoms with Gasteiger partial charge in [0.2, 0.25) is 0 Å². The second-order valence-electron chi connectivity index (χ2n) is 5.78. The molecule has 0 aliphatic carbocycles. The number of rotatable bonds is 8. The Morgan fingerprint density at radius 3 is 2.57 bits per heavy atom. The average molecular weight is 391 g/mol. The Balaban J connectivity index is 1.46.